The maximum atomic E-state index is 4.68. The van der Waals surface area contributed by atoms with Gasteiger partial charge in [-0.3, -0.25) is 0 Å². The molecule has 0 amide bonds. The zero-order valence-corrected chi connectivity index (χ0v) is 17.3. The number of fused-ring (bicyclic) bond motifs is 1. The predicted octanol–water partition coefficient (Wildman–Crippen LogP) is 7.42. The Morgan fingerprint density at radius 2 is 2.12 bits per heavy atom. The summed E-state index contributed by atoms with van der Waals surface area (Å²) in [4.78, 5) is 4.68. The lowest BCUT2D eigenvalue weighted by Gasteiger charge is -2.32. The first-order valence-corrected chi connectivity index (χ1v) is 10.8. The summed E-state index contributed by atoms with van der Waals surface area (Å²) < 4.78 is 2.42. The van der Waals surface area contributed by atoms with Crippen LogP contribution in [0.3, 0.4) is 0 Å². The third kappa shape index (κ3) is 4.65. The molecular formula is C22H27NS2. The lowest BCUT2D eigenvalue weighted by molar-refractivity contribution is 0.377. The van der Waals surface area contributed by atoms with E-state index in [0.29, 0.717) is 5.41 Å². The van der Waals surface area contributed by atoms with Crippen molar-refractivity contribution in [2.45, 2.75) is 51.3 Å². The van der Waals surface area contributed by atoms with Crippen LogP contribution >= 0.6 is 23.1 Å². The molecule has 1 aliphatic carbocycles. The Bertz CT molecular complexity index is 804. The van der Waals surface area contributed by atoms with Gasteiger partial charge < -0.3 is 0 Å². The zero-order valence-electron chi connectivity index (χ0n) is 15.6. The SMILES string of the molecule is CC(C=CC1=C(C)CCCC1(C)C)=CCSc1nc2ccccc2s1. The van der Waals surface area contributed by atoms with Crippen LogP contribution in [0, 0.1) is 5.41 Å². The van der Waals surface area contributed by atoms with E-state index in [1.807, 2.05) is 11.8 Å². The van der Waals surface area contributed by atoms with Gasteiger partial charge in [-0.25, -0.2) is 4.98 Å². The van der Waals surface area contributed by atoms with Gasteiger partial charge in [0.15, 0.2) is 4.34 Å². The lowest BCUT2D eigenvalue weighted by atomic mass is 9.72. The molecule has 0 saturated carbocycles. The van der Waals surface area contributed by atoms with E-state index in [9.17, 15) is 0 Å². The van der Waals surface area contributed by atoms with Crippen LogP contribution in [0.15, 0.2) is 63.6 Å². The van der Waals surface area contributed by atoms with Gasteiger partial charge in [0, 0.05) is 5.75 Å². The summed E-state index contributed by atoms with van der Waals surface area (Å²) in [5, 5.41) is 0. The van der Waals surface area contributed by atoms with Crippen molar-refractivity contribution in [2.24, 2.45) is 5.41 Å². The van der Waals surface area contributed by atoms with Gasteiger partial charge in [-0.2, -0.15) is 0 Å². The highest BCUT2D eigenvalue weighted by Gasteiger charge is 2.26. The standard InChI is InChI=1S/C22H27NS2/c1-16(11-12-18-17(2)8-7-14-22(18,3)4)13-15-24-21-23-19-9-5-6-10-20(19)25-21/h5-6,9-13H,7-8,14-15H2,1-4H3. The molecule has 1 heterocycles. The van der Waals surface area contributed by atoms with Gasteiger partial charge in [0.1, 0.15) is 0 Å². The molecule has 1 nitrogen and oxygen atoms in total. The van der Waals surface area contributed by atoms with E-state index in [4.69, 9.17) is 0 Å². The first-order chi connectivity index (χ1) is 12.0. The number of hydrogen-bond donors (Lipinski definition) is 0. The molecule has 0 radical (unpaired) electrons. The van der Waals surface area contributed by atoms with E-state index in [2.05, 4.69) is 75.2 Å². The van der Waals surface area contributed by atoms with Gasteiger partial charge in [0.05, 0.1) is 10.2 Å². The van der Waals surface area contributed by atoms with Crippen LogP contribution in [0.25, 0.3) is 10.2 Å². The van der Waals surface area contributed by atoms with E-state index in [-0.39, 0.29) is 0 Å². The highest BCUT2D eigenvalue weighted by atomic mass is 32.2. The Morgan fingerprint density at radius 3 is 2.88 bits per heavy atom. The number of aromatic nitrogens is 1. The van der Waals surface area contributed by atoms with Crippen molar-refractivity contribution < 1.29 is 0 Å². The quantitative estimate of drug-likeness (QED) is 0.402. The molecular weight excluding hydrogens is 342 g/mol. The predicted molar refractivity (Wildman–Crippen MR) is 114 cm³/mol. The zero-order chi connectivity index (χ0) is 17.9. The van der Waals surface area contributed by atoms with Gasteiger partial charge in [-0.1, -0.05) is 67.1 Å². The van der Waals surface area contributed by atoms with Crippen LogP contribution in [0.5, 0.6) is 0 Å². The van der Waals surface area contributed by atoms with Gasteiger partial charge in [-0.05, 0) is 56.2 Å². The van der Waals surface area contributed by atoms with Crippen molar-refractivity contribution >= 4 is 33.3 Å². The van der Waals surface area contributed by atoms with Gasteiger partial charge in [0.2, 0.25) is 0 Å². The molecule has 1 aromatic heterocycles. The molecule has 3 heteroatoms. The van der Waals surface area contributed by atoms with E-state index < -0.39 is 0 Å². The van der Waals surface area contributed by atoms with Crippen molar-refractivity contribution in [3.05, 3.63) is 59.2 Å². The van der Waals surface area contributed by atoms with Gasteiger partial charge in [0.25, 0.3) is 0 Å². The first kappa shape index (κ1) is 18.5. The highest BCUT2D eigenvalue weighted by molar-refractivity contribution is 8.01. The average Bonchev–Trinajstić information content (AvgIpc) is 2.96. The van der Waals surface area contributed by atoms with Crippen LogP contribution in [-0.4, -0.2) is 10.7 Å². The Morgan fingerprint density at radius 1 is 1.32 bits per heavy atom. The summed E-state index contributed by atoms with van der Waals surface area (Å²) in [6.07, 6.45) is 10.8. The molecule has 0 N–H and O–H groups in total. The maximum absolute atomic E-state index is 4.68. The van der Waals surface area contributed by atoms with Crippen molar-refractivity contribution in [1.82, 2.24) is 4.98 Å². The minimum Gasteiger partial charge on any atom is -0.230 e. The van der Waals surface area contributed by atoms with Crippen molar-refractivity contribution in [2.75, 3.05) is 5.75 Å². The second-order valence-corrected chi connectivity index (χ2v) is 9.77. The van der Waals surface area contributed by atoms with Crippen molar-refractivity contribution in [1.29, 1.82) is 0 Å². The highest BCUT2D eigenvalue weighted by Crippen LogP contribution is 2.40. The molecule has 0 unspecified atom stereocenters. The van der Waals surface area contributed by atoms with E-state index in [1.54, 1.807) is 16.9 Å². The van der Waals surface area contributed by atoms with Crippen molar-refractivity contribution in [3.63, 3.8) is 0 Å². The summed E-state index contributed by atoms with van der Waals surface area (Å²) >= 11 is 3.60. The molecule has 2 aromatic rings. The fraction of sp³-hybridized carbons (Fsp3) is 0.409. The monoisotopic (exact) mass is 369 g/mol. The second-order valence-electron chi connectivity index (χ2n) is 7.47. The molecule has 0 bridgehead atoms. The Labute approximate surface area is 159 Å². The van der Waals surface area contributed by atoms with E-state index in [0.717, 1.165) is 15.6 Å². The van der Waals surface area contributed by atoms with Crippen molar-refractivity contribution in [3.8, 4) is 0 Å². The minimum absolute atomic E-state index is 0.314. The van der Waals surface area contributed by atoms with Crippen LogP contribution < -0.4 is 0 Å². The Balaban J connectivity index is 1.62. The summed E-state index contributed by atoms with van der Waals surface area (Å²) in [6, 6.07) is 8.35. The smallest absolute Gasteiger partial charge is 0.151 e. The number of hydrogen-bond acceptors (Lipinski definition) is 3. The van der Waals surface area contributed by atoms with Gasteiger partial charge >= 0.3 is 0 Å². The maximum Gasteiger partial charge on any atom is 0.151 e. The lowest BCUT2D eigenvalue weighted by Crippen LogP contribution is -2.19. The van der Waals surface area contributed by atoms with E-state index in [1.165, 1.54) is 35.1 Å². The molecule has 1 aromatic carbocycles. The number of nitrogens with zero attached hydrogens (tertiary/aromatic N) is 1. The molecule has 132 valence electrons. The van der Waals surface area contributed by atoms with Gasteiger partial charge in [-0.15, -0.1) is 11.3 Å². The summed E-state index contributed by atoms with van der Waals surface area (Å²) in [7, 11) is 0. The number of rotatable bonds is 5. The first-order valence-electron chi connectivity index (χ1n) is 8.99. The number of thiazole rings is 1. The van der Waals surface area contributed by atoms with E-state index >= 15 is 0 Å². The number of thioether (sulfide) groups is 1. The molecule has 0 fully saturated rings. The molecule has 0 atom stereocenters. The van der Waals surface area contributed by atoms with Crippen LogP contribution in [-0.2, 0) is 0 Å². The number of benzene rings is 1. The summed E-state index contributed by atoms with van der Waals surface area (Å²) in [5.74, 6) is 0.970. The van der Waals surface area contributed by atoms with Crippen LogP contribution in [0.2, 0.25) is 0 Å². The average molecular weight is 370 g/mol. The minimum atomic E-state index is 0.314. The Kier molecular flexibility index (Phi) is 5.85. The normalized spacial score (nSPS) is 18.5. The molecule has 0 aliphatic heterocycles. The summed E-state index contributed by atoms with van der Waals surface area (Å²) in [6.45, 7) is 9.23. The molecule has 3 rings (SSSR count). The molecule has 0 saturated heterocycles. The largest absolute Gasteiger partial charge is 0.230 e. The fourth-order valence-electron chi connectivity index (χ4n) is 3.45. The number of para-hydroxylation sites is 1. The van der Waals surface area contributed by atoms with Crippen LogP contribution in [0.4, 0.5) is 0 Å². The van der Waals surface area contributed by atoms with Crippen LogP contribution in [0.1, 0.15) is 47.0 Å². The Hall–Kier alpha value is -1.32. The summed E-state index contributed by atoms with van der Waals surface area (Å²) in [5.41, 5.74) is 5.84. The molecule has 0 spiro atoms. The molecule has 1 aliphatic rings. The number of allylic oxidation sites excluding steroid dienone is 5. The topological polar surface area (TPSA) is 12.9 Å². The third-order valence-electron chi connectivity index (χ3n) is 4.94. The fourth-order valence-corrected chi connectivity index (χ4v) is 5.51. The third-order valence-corrected chi connectivity index (χ3v) is 7.05. The molecule has 25 heavy (non-hydrogen) atoms. The second kappa shape index (κ2) is 7.92.